The molecule has 0 bridgehead atoms. The fourth-order valence-electron chi connectivity index (χ4n) is 2.37. The maximum atomic E-state index is 12.3. The summed E-state index contributed by atoms with van der Waals surface area (Å²) >= 11 is 3.33. The van der Waals surface area contributed by atoms with Gasteiger partial charge in [-0.25, -0.2) is 0 Å². The third kappa shape index (κ3) is 2.48. The molecule has 20 heavy (non-hydrogen) atoms. The van der Waals surface area contributed by atoms with Gasteiger partial charge in [-0.1, -0.05) is 28.1 Å². The van der Waals surface area contributed by atoms with E-state index in [0.717, 1.165) is 22.2 Å². The third-order valence-corrected chi connectivity index (χ3v) is 4.06. The average Bonchev–Trinajstić information content (AvgIpc) is 2.94. The molecule has 1 aliphatic rings. The van der Waals surface area contributed by atoms with Gasteiger partial charge in [0.25, 0.3) is 5.91 Å². The highest BCUT2D eigenvalue weighted by molar-refractivity contribution is 9.10. The number of carbonyl (C=O) groups excluding carboxylic acids is 1. The minimum Gasteiger partial charge on any atom is -0.378 e. The van der Waals surface area contributed by atoms with E-state index in [0.29, 0.717) is 18.7 Å². The minimum absolute atomic E-state index is 0.265. The number of benzene rings is 1. The first-order chi connectivity index (χ1) is 9.65. The number of hydrogen-bond acceptors (Lipinski definition) is 3. The number of nitrogens with one attached hydrogen (secondary N) is 1. The van der Waals surface area contributed by atoms with Crippen LogP contribution in [0.15, 0.2) is 34.9 Å². The minimum atomic E-state index is -1.11. The Balaban J connectivity index is 1.74. The number of H-pyrrole nitrogens is 1. The van der Waals surface area contributed by atoms with Gasteiger partial charge >= 0.3 is 0 Å². The Morgan fingerprint density at radius 2 is 2.15 bits per heavy atom. The van der Waals surface area contributed by atoms with E-state index in [1.165, 1.54) is 0 Å². The predicted octanol–water partition coefficient (Wildman–Crippen LogP) is 1.79. The van der Waals surface area contributed by atoms with Gasteiger partial charge in [-0.05, 0) is 17.7 Å². The van der Waals surface area contributed by atoms with Gasteiger partial charge in [-0.2, -0.15) is 5.10 Å². The van der Waals surface area contributed by atoms with E-state index in [4.69, 9.17) is 0 Å². The molecule has 1 atom stereocenters. The van der Waals surface area contributed by atoms with E-state index in [-0.39, 0.29) is 5.91 Å². The molecule has 0 saturated carbocycles. The SMILES string of the molecule is O=C([C@@H](O)c1ccc(Br)cc1)N1CCc2[nH]ncc2C1. The van der Waals surface area contributed by atoms with Gasteiger partial charge < -0.3 is 10.0 Å². The molecule has 2 heterocycles. The maximum absolute atomic E-state index is 12.3. The number of aliphatic hydroxyl groups is 1. The standard InChI is InChI=1S/C14H14BrN3O2/c15-11-3-1-9(2-4-11)13(19)14(20)18-6-5-12-10(8-18)7-16-17-12/h1-4,7,13,19H,5-6,8H2,(H,16,17)/t13-/m0/s1. The average molecular weight is 336 g/mol. The lowest BCUT2D eigenvalue weighted by Crippen LogP contribution is -2.38. The Morgan fingerprint density at radius 1 is 1.40 bits per heavy atom. The summed E-state index contributed by atoms with van der Waals surface area (Å²) in [5.41, 5.74) is 2.70. The largest absolute Gasteiger partial charge is 0.378 e. The third-order valence-electron chi connectivity index (χ3n) is 3.53. The second-order valence-corrected chi connectivity index (χ2v) is 5.75. The normalized spacial score (nSPS) is 15.8. The van der Waals surface area contributed by atoms with Gasteiger partial charge in [-0.15, -0.1) is 0 Å². The van der Waals surface area contributed by atoms with Crippen molar-refractivity contribution >= 4 is 21.8 Å². The van der Waals surface area contributed by atoms with E-state index >= 15 is 0 Å². The van der Waals surface area contributed by atoms with E-state index in [9.17, 15) is 9.90 Å². The summed E-state index contributed by atoms with van der Waals surface area (Å²) in [5.74, 6) is -0.265. The van der Waals surface area contributed by atoms with Gasteiger partial charge in [0.1, 0.15) is 0 Å². The summed E-state index contributed by atoms with van der Waals surface area (Å²) < 4.78 is 0.918. The highest BCUT2D eigenvalue weighted by Crippen LogP contribution is 2.22. The molecule has 0 aliphatic carbocycles. The number of fused-ring (bicyclic) bond motifs is 1. The number of aliphatic hydroxyl groups excluding tert-OH is 1. The summed E-state index contributed by atoms with van der Waals surface area (Å²) in [6.45, 7) is 1.10. The first-order valence-corrected chi connectivity index (χ1v) is 7.18. The Labute approximate surface area is 124 Å². The molecule has 1 aromatic heterocycles. The van der Waals surface area contributed by atoms with Crippen LogP contribution >= 0.6 is 15.9 Å². The lowest BCUT2D eigenvalue weighted by atomic mass is 10.0. The van der Waals surface area contributed by atoms with Crippen molar-refractivity contribution in [3.05, 3.63) is 51.8 Å². The fourth-order valence-corrected chi connectivity index (χ4v) is 2.64. The number of aromatic amines is 1. The van der Waals surface area contributed by atoms with Crippen LogP contribution in [0.2, 0.25) is 0 Å². The number of aromatic nitrogens is 2. The molecule has 2 N–H and O–H groups in total. The zero-order valence-corrected chi connectivity index (χ0v) is 12.3. The number of rotatable bonds is 2. The monoisotopic (exact) mass is 335 g/mol. The summed E-state index contributed by atoms with van der Waals surface area (Å²) in [7, 11) is 0. The van der Waals surface area contributed by atoms with Crippen LogP contribution in [-0.4, -0.2) is 32.7 Å². The summed E-state index contributed by atoms with van der Waals surface area (Å²) in [5, 5.41) is 17.1. The molecule has 0 unspecified atom stereocenters. The van der Waals surface area contributed by atoms with Crippen LogP contribution in [-0.2, 0) is 17.8 Å². The molecule has 1 amide bonds. The van der Waals surface area contributed by atoms with Gasteiger partial charge in [0.05, 0.1) is 6.20 Å². The molecule has 0 radical (unpaired) electrons. The smallest absolute Gasteiger partial charge is 0.256 e. The van der Waals surface area contributed by atoms with Crippen LogP contribution in [0.4, 0.5) is 0 Å². The first kappa shape index (κ1) is 13.3. The van der Waals surface area contributed by atoms with Crippen molar-refractivity contribution in [2.45, 2.75) is 19.1 Å². The molecule has 5 nitrogen and oxygen atoms in total. The van der Waals surface area contributed by atoms with Crippen LogP contribution < -0.4 is 0 Å². The van der Waals surface area contributed by atoms with Crippen molar-refractivity contribution in [3.63, 3.8) is 0 Å². The number of halogens is 1. The zero-order chi connectivity index (χ0) is 14.1. The number of carbonyl (C=O) groups is 1. The van der Waals surface area contributed by atoms with Crippen LogP contribution in [0.25, 0.3) is 0 Å². The van der Waals surface area contributed by atoms with E-state index in [2.05, 4.69) is 26.1 Å². The molecule has 104 valence electrons. The molecular weight excluding hydrogens is 322 g/mol. The number of nitrogens with zero attached hydrogens (tertiary/aromatic N) is 2. The van der Waals surface area contributed by atoms with E-state index < -0.39 is 6.10 Å². The summed E-state index contributed by atoms with van der Waals surface area (Å²) in [6.07, 6.45) is 1.37. The first-order valence-electron chi connectivity index (χ1n) is 6.38. The van der Waals surface area contributed by atoms with Crippen molar-refractivity contribution in [2.24, 2.45) is 0 Å². The van der Waals surface area contributed by atoms with E-state index in [1.807, 2.05) is 12.1 Å². The Morgan fingerprint density at radius 3 is 2.90 bits per heavy atom. The van der Waals surface area contributed by atoms with Crippen LogP contribution in [0.1, 0.15) is 22.9 Å². The van der Waals surface area contributed by atoms with Crippen molar-refractivity contribution in [2.75, 3.05) is 6.54 Å². The maximum Gasteiger partial charge on any atom is 0.256 e. The molecule has 0 saturated heterocycles. The second kappa shape index (κ2) is 5.38. The topological polar surface area (TPSA) is 69.2 Å². The Hall–Kier alpha value is -1.66. The van der Waals surface area contributed by atoms with Crippen LogP contribution in [0.3, 0.4) is 0 Å². The van der Waals surface area contributed by atoms with Crippen molar-refractivity contribution in [3.8, 4) is 0 Å². The second-order valence-electron chi connectivity index (χ2n) is 4.84. The van der Waals surface area contributed by atoms with Crippen molar-refractivity contribution in [1.29, 1.82) is 0 Å². The molecule has 6 heteroatoms. The summed E-state index contributed by atoms with van der Waals surface area (Å²) in [6, 6.07) is 7.13. The van der Waals surface area contributed by atoms with Crippen molar-refractivity contribution in [1.82, 2.24) is 15.1 Å². The molecule has 0 fully saturated rings. The van der Waals surface area contributed by atoms with Gasteiger partial charge in [0, 0.05) is 35.2 Å². The van der Waals surface area contributed by atoms with Crippen molar-refractivity contribution < 1.29 is 9.90 Å². The number of amides is 1. The highest BCUT2D eigenvalue weighted by Gasteiger charge is 2.27. The number of hydrogen-bond donors (Lipinski definition) is 2. The molecule has 1 aliphatic heterocycles. The van der Waals surface area contributed by atoms with Crippen LogP contribution in [0, 0.1) is 0 Å². The van der Waals surface area contributed by atoms with E-state index in [1.54, 1.807) is 23.2 Å². The molecule has 3 rings (SSSR count). The van der Waals surface area contributed by atoms with Gasteiger partial charge in [0.2, 0.25) is 0 Å². The van der Waals surface area contributed by atoms with Gasteiger partial charge in [0.15, 0.2) is 6.10 Å². The van der Waals surface area contributed by atoms with Gasteiger partial charge in [-0.3, -0.25) is 9.89 Å². The molecule has 0 spiro atoms. The fraction of sp³-hybridized carbons (Fsp3) is 0.286. The Bertz CT molecular complexity index is 624. The zero-order valence-electron chi connectivity index (χ0n) is 10.7. The highest BCUT2D eigenvalue weighted by atomic mass is 79.9. The summed E-state index contributed by atoms with van der Waals surface area (Å²) in [4.78, 5) is 14.0. The Kier molecular flexibility index (Phi) is 3.58. The predicted molar refractivity (Wildman–Crippen MR) is 76.8 cm³/mol. The molecule has 1 aromatic carbocycles. The molecule has 2 aromatic rings. The quantitative estimate of drug-likeness (QED) is 0.879. The van der Waals surface area contributed by atoms with Crippen LogP contribution in [0.5, 0.6) is 0 Å². The lowest BCUT2D eigenvalue weighted by molar-refractivity contribution is -0.141. The lowest BCUT2D eigenvalue weighted by Gasteiger charge is -2.28. The molecular formula is C14H14BrN3O2.